The molecule has 1 aliphatic rings. The van der Waals surface area contributed by atoms with Gasteiger partial charge in [0.05, 0.1) is 5.54 Å². The summed E-state index contributed by atoms with van der Waals surface area (Å²) in [6, 6.07) is 0.222. The van der Waals surface area contributed by atoms with Crippen molar-refractivity contribution < 1.29 is 4.79 Å². The number of carbonyl (C=O) groups is 1. The number of halogens is 1. The van der Waals surface area contributed by atoms with Crippen LogP contribution in [-0.4, -0.2) is 17.5 Å². The lowest BCUT2D eigenvalue weighted by atomic mass is 9.81. The lowest BCUT2D eigenvalue weighted by Gasteiger charge is -2.34. The van der Waals surface area contributed by atoms with E-state index in [-0.39, 0.29) is 24.4 Å². The molecule has 0 bridgehead atoms. The summed E-state index contributed by atoms with van der Waals surface area (Å²) >= 11 is 0. The minimum atomic E-state index is -0.597. The lowest BCUT2D eigenvalue weighted by molar-refractivity contribution is -0.128. The fourth-order valence-corrected chi connectivity index (χ4v) is 2.26. The van der Waals surface area contributed by atoms with Crippen molar-refractivity contribution in [3.05, 3.63) is 0 Å². The molecular formula is C13H27ClN2O. The lowest BCUT2D eigenvalue weighted by Crippen LogP contribution is -2.57. The molecule has 0 radical (unpaired) electrons. The zero-order valence-corrected chi connectivity index (χ0v) is 12.1. The van der Waals surface area contributed by atoms with Gasteiger partial charge in [-0.25, -0.2) is 0 Å². The SMILES string of the molecule is CCC(C)C(C)NC(=O)C1(N)CCCCC1.Cl. The molecule has 0 aliphatic heterocycles. The van der Waals surface area contributed by atoms with Gasteiger partial charge in [-0.15, -0.1) is 12.4 Å². The smallest absolute Gasteiger partial charge is 0.240 e. The average molecular weight is 263 g/mol. The largest absolute Gasteiger partial charge is 0.352 e. The summed E-state index contributed by atoms with van der Waals surface area (Å²) in [5.41, 5.74) is 5.58. The Bertz CT molecular complexity index is 240. The van der Waals surface area contributed by atoms with E-state index in [0.29, 0.717) is 5.92 Å². The second-order valence-corrected chi connectivity index (χ2v) is 5.36. The highest BCUT2D eigenvalue weighted by Gasteiger charge is 2.35. The molecule has 0 aromatic heterocycles. The van der Waals surface area contributed by atoms with Gasteiger partial charge in [0, 0.05) is 6.04 Å². The number of hydrogen-bond donors (Lipinski definition) is 2. The van der Waals surface area contributed by atoms with E-state index in [4.69, 9.17) is 5.73 Å². The van der Waals surface area contributed by atoms with Crippen LogP contribution in [0.25, 0.3) is 0 Å². The molecule has 1 fully saturated rings. The summed E-state index contributed by atoms with van der Waals surface area (Å²) in [4.78, 5) is 12.1. The quantitative estimate of drug-likeness (QED) is 0.818. The molecule has 102 valence electrons. The second-order valence-electron chi connectivity index (χ2n) is 5.36. The first-order valence-electron chi connectivity index (χ1n) is 6.59. The summed E-state index contributed by atoms with van der Waals surface area (Å²) in [7, 11) is 0. The van der Waals surface area contributed by atoms with Gasteiger partial charge in [0.15, 0.2) is 0 Å². The van der Waals surface area contributed by atoms with Gasteiger partial charge in [0.1, 0.15) is 0 Å². The van der Waals surface area contributed by atoms with E-state index in [2.05, 4.69) is 26.1 Å². The van der Waals surface area contributed by atoms with Crippen LogP contribution in [0.4, 0.5) is 0 Å². The van der Waals surface area contributed by atoms with Crippen LogP contribution in [0.2, 0.25) is 0 Å². The van der Waals surface area contributed by atoms with E-state index in [1.165, 1.54) is 6.42 Å². The molecule has 0 spiro atoms. The first-order chi connectivity index (χ1) is 7.49. The van der Waals surface area contributed by atoms with Gasteiger partial charge in [-0.2, -0.15) is 0 Å². The minimum absolute atomic E-state index is 0. The number of nitrogens with one attached hydrogen (secondary N) is 1. The monoisotopic (exact) mass is 262 g/mol. The van der Waals surface area contributed by atoms with Crippen molar-refractivity contribution in [1.29, 1.82) is 0 Å². The van der Waals surface area contributed by atoms with Crippen LogP contribution in [0.5, 0.6) is 0 Å². The molecule has 1 aliphatic carbocycles. The van der Waals surface area contributed by atoms with Crippen molar-refractivity contribution in [2.75, 3.05) is 0 Å². The highest BCUT2D eigenvalue weighted by molar-refractivity contribution is 5.86. The molecule has 3 nitrogen and oxygen atoms in total. The van der Waals surface area contributed by atoms with E-state index in [0.717, 1.165) is 32.1 Å². The molecular weight excluding hydrogens is 236 g/mol. The summed E-state index contributed by atoms with van der Waals surface area (Å²) in [5, 5.41) is 3.08. The van der Waals surface area contributed by atoms with E-state index in [1.807, 2.05) is 0 Å². The van der Waals surface area contributed by atoms with Crippen molar-refractivity contribution in [2.24, 2.45) is 11.7 Å². The molecule has 0 aromatic rings. The summed E-state index contributed by atoms with van der Waals surface area (Å²) in [6.45, 7) is 6.37. The van der Waals surface area contributed by atoms with Crippen LogP contribution in [0.3, 0.4) is 0 Å². The highest BCUT2D eigenvalue weighted by atomic mass is 35.5. The van der Waals surface area contributed by atoms with Gasteiger partial charge in [0.2, 0.25) is 5.91 Å². The Hall–Kier alpha value is -0.280. The summed E-state index contributed by atoms with van der Waals surface area (Å²) < 4.78 is 0. The van der Waals surface area contributed by atoms with E-state index < -0.39 is 5.54 Å². The number of carbonyl (C=O) groups excluding carboxylic acids is 1. The van der Waals surface area contributed by atoms with Crippen LogP contribution in [0.1, 0.15) is 59.3 Å². The third-order valence-electron chi connectivity index (χ3n) is 4.05. The molecule has 0 aromatic carbocycles. The van der Waals surface area contributed by atoms with E-state index in [1.54, 1.807) is 0 Å². The van der Waals surface area contributed by atoms with Crippen LogP contribution < -0.4 is 11.1 Å². The zero-order valence-electron chi connectivity index (χ0n) is 11.3. The second kappa shape index (κ2) is 7.22. The Morgan fingerprint density at radius 3 is 2.29 bits per heavy atom. The van der Waals surface area contributed by atoms with Gasteiger partial charge in [-0.05, 0) is 25.7 Å². The fourth-order valence-electron chi connectivity index (χ4n) is 2.26. The van der Waals surface area contributed by atoms with Gasteiger partial charge in [0.25, 0.3) is 0 Å². The molecule has 4 heteroatoms. The maximum atomic E-state index is 12.1. The standard InChI is InChI=1S/C13H26N2O.ClH/c1-4-10(2)11(3)15-12(16)13(14)8-6-5-7-9-13;/h10-11H,4-9,14H2,1-3H3,(H,15,16);1H. The van der Waals surface area contributed by atoms with Crippen molar-refractivity contribution in [3.8, 4) is 0 Å². The van der Waals surface area contributed by atoms with Gasteiger partial charge < -0.3 is 11.1 Å². The number of hydrogen-bond acceptors (Lipinski definition) is 2. The van der Waals surface area contributed by atoms with Gasteiger partial charge in [-0.1, -0.05) is 39.5 Å². The molecule has 17 heavy (non-hydrogen) atoms. The van der Waals surface area contributed by atoms with Crippen molar-refractivity contribution >= 4 is 18.3 Å². The summed E-state index contributed by atoms with van der Waals surface area (Å²) in [6.07, 6.45) is 6.15. The fraction of sp³-hybridized carbons (Fsp3) is 0.923. The van der Waals surface area contributed by atoms with Gasteiger partial charge >= 0.3 is 0 Å². The predicted molar refractivity (Wildman–Crippen MR) is 74.3 cm³/mol. The number of rotatable bonds is 4. The summed E-state index contributed by atoms with van der Waals surface area (Å²) in [5.74, 6) is 0.566. The predicted octanol–water partition coefficient (Wildman–Crippen LogP) is 2.62. The van der Waals surface area contributed by atoms with Crippen LogP contribution in [0, 0.1) is 5.92 Å². The first kappa shape index (κ1) is 16.7. The Morgan fingerprint density at radius 2 is 1.82 bits per heavy atom. The third-order valence-corrected chi connectivity index (χ3v) is 4.05. The van der Waals surface area contributed by atoms with Crippen LogP contribution >= 0.6 is 12.4 Å². The van der Waals surface area contributed by atoms with Crippen molar-refractivity contribution in [3.63, 3.8) is 0 Å². The maximum Gasteiger partial charge on any atom is 0.240 e. The van der Waals surface area contributed by atoms with Crippen molar-refractivity contribution in [1.82, 2.24) is 5.32 Å². The Balaban J connectivity index is 0.00000256. The molecule has 0 heterocycles. The van der Waals surface area contributed by atoms with Gasteiger partial charge in [-0.3, -0.25) is 4.79 Å². The number of amides is 1. The normalized spacial score (nSPS) is 22.1. The molecule has 3 N–H and O–H groups in total. The molecule has 1 amide bonds. The Kier molecular flexibility index (Phi) is 7.10. The molecule has 1 rings (SSSR count). The van der Waals surface area contributed by atoms with E-state index >= 15 is 0 Å². The Morgan fingerprint density at radius 1 is 1.29 bits per heavy atom. The highest BCUT2D eigenvalue weighted by Crippen LogP contribution is 2.26. The van der Waals surface area contributed by atoms with Crippen LogP contribution in [0.15, 0.2) is 0 Å². The molecule has 0 saturated heterocycles. The Labute approximate surface area is 111 Å². The molecule has 1 saturated carbocycles. The topological polar surface area (TPSA) is 55.1 Å². The maximum absolute atomic E-state index is 12.1. The van der Waals surface area contributed by atoms with Crippen LogP contribution in [-0.2, 0) is 4.79 Å². The minimum Gasteiger partial charge on any atom is -0.352 e. The molecule has 2 unspecified atom stereocenters. The zero-order chi connectivity index (χ0) is 12.2. The first-order valence-corrected chi connectivity index (χ1v) is 6.59. The molecule has 2 atom stereocenters. The average Bonchev–Trinajstić information content (AvgIpc) is 2.28. The van der Waals surface area contributed by atoms with Crippen molar-refractivity contribution in [2.45, 2.75) is 70.9 Å². The third kappa shape index (κ3) is 4.47. The van der Waals surface area contributed by atoms with E-state index in [9.17, 15) is 4.79 Å². The number of nitrogens with two attached hydrogens (primary N) is 1.